The van der Waals surface area contributed by atoms with Crippen molar-refractivity contribution in [3.05, 3.63) is 58.8 Å². The normalized spacial score (nSPS) is 16.0. The van der Waals surface area contributed by atoms with E-state index in [1.54, 1.807) is 18.3 Å². The van der Waals surface area contributed by atoms with E-state index in [0.717, 1.165) is 40.9 Å². The van der Waals surface area contributed by atoms with E-state index in [-0.39, 0.29) is 24.2 Å². The zero-order valence-corrected chi connectivity index (χ0v) is 18.2. The zero-order chi connectivity index (χ0) is 22.1. The maximum absolute atomic E-state index is 13.2. The Hall–Kier alpha value is -3.29. The molecule has 3 heterocycles. The van der Waals surface area contributed by atoms with Crippen LogP contribution in [0, 0.1) is 19.7 Å². The first-order chi connectivity index (χ1) is 14.8. The molecule has 1 aliphatic rings. The summed E-state index contributed by atoms with van der Waals surface area (Å²) >= 11 is 0. The van der Waals surface area contributed by atoms with Gasteiger partial charge in [0, 0.05) is 32.4 Å². The van der Waals surface area contributed by atoms with Crippen LogP contribution in [-0.4, -0.2) is 46.6 Å². The van der Waals surface area contributed by atoms with Crippen molar-refractivity contribution in [1.29, 1.82) is 0 Å². The monoisotopic (exact) mass is 423 g/mol. The van der Waals surface area contributed by atoms with Crippen molar-refractivity contribution in [2.24, 2.45) is 0 Å². The van der Waals surface area contributed by atoms with Crippen molar-refractivity contribution >= 4 is 11.9 Å². The van der Waals surface area contributed by atoms with Gasteiger partial charge in [0.2, 0.25) is 11.9 Å². The van der Waals surface area contributed by atoms with Crippen molar-refractivity contribution in [2.45, 2.75) is 39.2 Å². The number of carbonyl (C=O) groups excluding carboxylic acids is 1. The first-order valence-corrected chi connectivity index (χ1v) is 10.4. The van der Waals surface area contributed by atoms with Gasteiger partial charge in [0.05, 0.1) is 29.4 Å². The summed E-state index contributed by atoms with van der Waals surface area (Å²) in [5.74, 6) is 0.895. The maximum atomic E-state index is 13.2. The van der Waals surface area contributed by atoms with Crippen LogP contribution in [0.1, 0.15) is 41.4 Å². The number of benzene rings is 1. The molecule has 0 spiro atoms. The molecule has 1 saturated heterocycles. The Balaban J connectivity index is 1.70. The number of amides is 1. The SMILES string of the molecule is Cc1noc(-c2cnc(N(C)C)nc2C2CCCN2C(=O)Cc2ccc(F)cc2)c1C. The molecule has 31 heavy (non-hydrogen) atoms. The predicted molar refractivity (Wildman–Crippen MR) is 115 cm³/mol. The van der Waals surface area contributed by atoms with Crippen LogP contribution < -0.4 is 4.90 Å². The van der Waals surface area contributed by atoms with Gasteiger partial charge >= 0.3 is 0 Å². The summed E-state index contributed by atoms with van der Waals surface area (Å²) in [6.07, 6.45) is 3.66. The van der Waals surface area contributed by atoms with Crippen molar-refractivity contribution < 1.29 is 13.7 Å². The van der Waals surface area contributed by atoms with E-state index in [0.29, 0.717) is 18.3 Å². The van der Waals surface area contributed by atoms with E-state index in [1.165, 1.54) is 12.1 Å². The molecule has 7 nitrogen and oxygen atoms in total. The highest BCUT2D eigenvalue weighted by Gasteiger charge is 2.34. The Bertz CT molecular complexity index is 1090. The highest BCUT2D eigenvalue weighted by atomic mass is 19.1. The summed E-state index contributed by atoms with van der Waals surface area (Å²) in [7, 11) is 3.77. The lowest BCUT2D eigenvalue weighted by Gasteiger charge is -2.26. The molecule has 1 atom stereocenters. The molecule has 0 aliphatic carbocycles. The first kappa shape index (κ1) is 21.0. The fraction of sp³-hybridized carbons (Fsp3) is 0.391. The number of likely N-dealkylation sites (tertiary alicyclic amines) is 1. The van der Waals surface area contributed by atoms with Crippen LogP contribution in [0.15, 0.2) is 35.0 Å². The number of aryl methyl sites for hydroxylation is 1. The molecule has 1 aromatic carbocycles. The van der Waals surface area contributed by atoms with Gasteiger partial charge in [0.15, 0.2) is 5.76 Å². The topological polar surface area (TPSA) is 75.4 Å². The van der Waals surface area contributed by atoms with Gasteiger partial charge in [0.1, 0.15) is 5.82 Å². The molecule has 0 bridgehead atoms. The summed E-state index contributed by atoms with van der Waals surface area (Å²) in [6.45, 7) is 4.50. The minimum absolute atomic E-state index is 0.00412. The molecule has 0 saturated carbocycles. The van der Waals surface area contributed by atoms with Crippen LogP contribution in [0.5, 0.6) is 0 Å². The second kappa shape index (κ2) is 8.45. The predicted octanol–water partition coefficient (Wildman–Crippen LogP) is 3.86. The van der Waals surface area contributed by atoms with E-state index in [4.69, 9.17) is 9.51 Å². The Morgan fingerprint density at radius 3 is 2.65 bits per heavy atom. The van der Waals surface area contributed by atoms with Crippen molar-refractivity contribution in [3.8, 4) is 11.3 Å². The summed E-state index contributed by atoms with van der Waals surface area (Å²) < 4.78 is 18.8. The van der Waals surface area contributed by atoms with Crippen molar-refractivity contribution in [2.75, 3.05) is 25.5 Å². The van der Waals surface area contributed by atoms with E-state index in [9.17, 15) is 9.18 Å². The molecule has 0 N–H and O–H groups in total. The molecule has 8 heteroatoms. The highest BCUT2D eigenvalue weighted by molar-refractivity contribution is 5.80. The Labute approximate surface area is 180 Å². The molecular weight excluding hydrogens is 397 g/mol. The third-order valence-corrected chi connectivity index (χ3v) is 5.76. The fourth-order valence-corrected chi connectivity index (χ4v) is 3.92. The minimum atomic E-state index is -0.310. The quantitative estimate of drug-likeness (QED) is 0.620. The second-order valence-electron chi connectivity index (χ2n) is 8.13. The van der Waals surface area contributed by atoms with Crippen LogP contribution in [0.3, 0.4) is 0 Å². The summed E-state index contributed by atoms with van der Waals surface area (Å²) in [6, 6.07) is 5.88. The van der Waals surface area contributed by atoms with Crippen LogP contribution >= 0.6 is 0 Å². The van der Waals surface area contributed by atoms with Gasteiger partial charge in [-0.15, -0.1) is 0 Å². The van der Waals surface area contributed by atoms with E-state index in [1.807, 2.05) is 37.7 Å². The largest absolute Gasteiger partial charge is 0.356 e. The van der Waals surface area contributed by atoms with Gasteiger partial charge < -0.3 is 14.3 Å². The molecule has 1 amide bonds. The van der Waals surface area contributed by atoms with Gasteiger partial charge in [-0.2, -0.15) is 0 Å². The summed E-state index contributed by atoms with van der Waals surface area (Å²) in [4.78, 5) is 26.2. The lowest BCUT2D eigenvalue weighted by molar-refractivity contribution is -0.131. The zero-order valence-electron chi connectivity index (χ0n) is 18.2. The molecule has 2 aromatic heterocycles. The van der Waals surface area contributed by atoms with Crippen LogP contribution in [0.4, 0.5) is 10.3 Å². The van der Waals surface area contributed by atoms with Gasteiger partial charge in [0.25, 0.3) is 0 Å². The number of anilines is 1. The number of hydrogen-bond acceptors (Lipinski definition) is 6. The lowest BCUT2D eigenvalue weighted by atomic mass is 10.0. The lowest BCUT2D eigenvalue weighted by Crippen LogP contribution is -2.33. The maximum Gasteiger partial charge on any atom is 0.227 e. The van der Waals surface area contributed by atoms with Gasteiger partial charge in [-0.25, -0.2) is 14.4 Å². The minimum Gasteiger partial charge on any atom is -0.356 e. The average Bonchev–Trinajstić information content (AvgIpc) is 3.37. The molecule has 1 aliphatic heterocycles. The second-order valence-corrected chi connectivity index (χ2v) is 8.13. The van der Waals surface area contributed by atoms with Crippen molar-refractivity contribution in [3.63, 3.8) is 0 Å². The smallest absolute Gasteiger partial charge is 0.227 e. The van der Waals surface area contributed by atoms with Crippen LogP contribution in [0.25, 0.3) is 11.3 Å². The van der Waals surface area contributed by atoms with Gasteiger partial charge in [-0.1, -0.05) is 17.3 Å². The Morgan fingerprint density at radius 2 is 2.00 bits per heavy atom. The van der Waals surface area contributed by atoms with E-state index >= 15 is 0 Å². The number of halogens is 1. The Morgan fingerprint density at radius 1 is 1.26 bits per heavy atom. The number of hydrogen-bond donors (Lipinski definition) is 0. The molecule has 1 unspecified atom stereocenters. The van der Waals surface area contributed by atoms with E-state index in [2.05, 4.69) is 10.1 Å². The summed E-state index contributed by atoms with van der Waals surface area (Å²) in [5, 5.41) is 4.08. The summed E-state index contributed by atoms with van der Waals surface area (Å²) in [5.41, 5.74) is 4.06. The molecule has 1 fully saturated rings. The number of aromatic nitrogens is 3. The average molecular weight is 423 g/mol. The molecule has 162 valence electrons. The third kappa shape index (κ3) is 4.15. The molecule has 4 rings (SSSR count). The van der Waals surface area contributed by atoms with Crippen LogP contribution in [0.2, 0.25) is 0 Å². The molecule has 0 radical (unpaired) electrons. The standard InChI is InChI=1S/C23H26FN5O2/c1-14-15(2)27-31-22(14)18-13-25-23(28(3)4)26-21(18)19-6-5-11-29(19)20(30)12-16-7-9-17(24)10-8-16/h7-10,13,19H,5-6,11-12H2,1-4H3. The molecular formula is C23H26FN5O2. The number of nitrogens with zero attached hydrogens (tertiary/aromatic N) is 5. The van der Waals surface area contributed by atoms with Crippen molar-refractivity contribution in [1.82, 2.24) is 20.0 Å². The van der Waals surface area contributed by atoms with E-state index < -0.39 is 0 Å². The number of carbonyl (C=O) groups is 1. The van der Waals surface area contributed by atoms with Crippen LogP contribution in [-0.2, 0) is 11.2 Å². The van der Waals surface area contributed by atoms with Gasteiger partial charge in [-0.05, 0) is 44.4 Å². The Kier molecular flexibility index (Phi) is 5.71. The first-order valence-electron chi connectivity index (χ1n) is 10.4. The third-order valence-electron chi connectivity index (χ3n) is 5.76. The van der Waals surface area contributed by atoms with Gasteiger partial charge in [-0.3, -0.25) is 4.79 Å². The highest BCUT2D eigenvalue weighted by Crippen LogP contribution is 2.38. The fourth-order valence-electron chi connectivity index (χ4n) is 3.92. The number of rotatable bonds is 5. The molecule has 3 aromatic rings.